The summed E-state index contributed by atoms with van der Waals surface area (Å²) in [5.74, 6) is -1.57. The van der Waals surface area contributed by atoms with Gasteiger partial charge in [-0.15, -0.1) is 0 Å². The van der Waals surface area contributed by atoms with Crippen molar-refractivity contribution in [2.45, 2.75) is 24.8 Å². The first-order valence-electron chi connectivity index (χ1n) is 7.46. The summed E-state index contributed by atoms with van der Waals surface area (Å²) in [5, 5.41) is 0.224. The number of primary amides is 1. The second-order valence-electron chi connectivity index (χ2n) is 5.82. The first-order chi connectivity index (χ1) is 12.0. The van der Waals surface area contributed by atoms with Gasteiger partial charge in [-0.05, 0) is 48.7 Å². The lowest BCUT2D eigenvalue weighted by Gasteiger charge is -2.27. The van der Waals surface area contributed by atoms with Gasteiger partial charge in [0.1, 0.15) is 16.8 Å². The molecule has 1 atom stereocenters. The predicted octanol–water partition coefficient (Wildman–Crippen LogP) is 3.60. The van der Waals surface area contributed by atoms with Gasteiger partial charge < -0.3 is 5.73 Å². The topological polar surface area (TPSA) is 80.5 Å². The molecule has 5 nitrogen and oxygen atoms in total. The minimum Gasteiger partial charge on any atom is -0.368 e. The summed E-state index contributed by atoms with van der Waals surface area (Å²) in [7, 11) is -3.07. The Kier molecular flexibility index (Phi) is 5.97. The van der Waals surface area contributed by atoms with Crippen LogP contribution in [-0.4, -0.2) is 25.7 Å². The van der Waals surface area contributed by atoms with Crippen molar-refractivity contribution in [3.63, 3.8) is 0 Å². The lowest BCUT2D eigenvalue weighted by Crippen LogP contribution is -2.39. The van der Waals surface area contributed by atoms with Gasteiger partial charge in [-0.3, -0.25) is 4.79 Å². The molecule has 0 heterocycles. The van der Waals surface area contributed by atoms with E-state index >= 15 is 0 Å². The van der Waals surface area contributed by atoms with E-state index in [-0.39, 0.29) is 26.1 Å². The van der Waals surface area contributed by atoms with Gasteiger partial charge in [-0.2, -0.15) is 4.31 Å². The number of rotatable bonds is 5. The van der Waals surface area contributed by atoms with Crippen LogP contribution in [0.1, 0.15) is 22.7 Å². The molecule has 0 spiro atoms. The lowest BCUT2D eigenvalue weighted by molar-refractivity contribution is -0.121. The molecule has 0 bridgehead atoms. The van der Waals surface area contributed by atoms with Gasteiger partial charge in [0.2, 0.25) is 15.9 Å². The van der Waals surface area contributed by atoms with E-state index in [1.54, 1.807) is 13.0 Å². The van der Waals surface area contributed by atoms with E-state index in [1.165, 1.54) is 32.2 Å². The number of benzene rings is 2. The number of likely N-dealkylation sites (N-methyl/N-ethyl adjacent to an activating group) is 1. The molecule has 26 heavy (non-hydrogen) atoms. The maximum Gasteiger partial charge on any atom is 0.245 e. The van der Waals surface area contributed by atoms with Crippen molar-refractivity contribution in [3.05, 3.63) is 62.9 Å². The molecule has 0 radical (unpaired) electrons. The molecule has 2 aromatic carbocycles. The number of halogens is 3. The summed E-state index contributed by atoms with van der Waals surface area (Å²) >= 11 is 12.3. The van der Waals surface area contributed by atoms with Crippen LogP contribution in [0, 0.1) is 19.7 Å². The van der Waals surface area contributed by atoms with Gasteiger partial charge >= 0.3 is 0 Å². The molecular weight excluding hydrogens is 402 g/mol. The Hall–Kier alpha value is -1.67. The molecule has 0 fully saturated rings. The highest BCUT2D eigenvalue weighted by Gasteiger charge is 2.36. The Balaban J connectivity index is 2.67. The zero-order valence-electron chi connectivity index (χ0n) is 14.3. The molecule has 140 valence electrons. The Morgan fingerprint density at radius 3 is 2.38 bits per heavy atom. The molecule has 0 aliphatic carbocycles. The number of carbonyl (C=O) groups excluding carboxylic acids is 1. The van der Waals surface area contributed by atoms with Crippen LogP contribution in [0.25, 0.3) is 0 Å². The normalized spacial score (nSPS) is 13.0. The molecule has 2 rings (SSSR count). The van der Waals surface area contributed by atoms with Gasteiger partial charge in [-0.1, -0.05) is 35.3 Å². The van der Waals surface area contributed by atoms with Gasteiger partial charge in [0, 0.05) is 12.1 Å². The summed E-state index contributed by atoms with van der Waals surface area (Å²) in [6, 6.07) is 5.16. The number of hydrogen-bond donors (Lipinski definition) is 1. The fourth-order valence-corrected chi connectivity index (χ4v) is 5.11. The van der Waals surface area contributed by atoms with Gasteiger partial charge in [0.15, 0.2) is 0 Å². The molecule has 0 aliphatic heterocycles. The highest BCUT2D eigenvalue weighted by molar-refractivity contribution is 7.89. The third-order valence-corrected chi connectivity index (χ3v) is 7.01. The summed E-state index contributed by atoms with van der Waals surface area (Å²) in [4.78, 5) is 11.8. The second kappa shape index (κ2) is 7.52. The van der Waals surface area contributed by atoms with Crippen molar-refractivity contribution in [1.29, 1.82) is 0 Å². The summed E-state index contributed by atoms with van der Waals surface area (Å²) in [5.41, 5.74) is 6.23. The molecule has 1 unspecified atom stereocenters. The van der Waals surface area contributed by atoms with E-state index in [0.717, 1.165) is 10.4 Å². The van der Waals surface area contributed by atoms with Crippen LogP contribution >= 0.6 is 23.2 Å². The van der Waals surface area contributed by atoms with Gasteiger partial charge in [0.25, 0.3) is 0 Å². The number of nitrogens with two attached hydrogens (primary N) is 1. The van der Waals surface area contributed by atoms with Crippen molar-refractivity contribution < 1.29 is 17.6 Å². The number of aryl methyl sites for hydroxylation is 1. The van der Waals surface area contributed by atoms with Crippen molar-refractivity contribution in [2.24, 2.45) is 5.73 Å². The quantitative estimate of drug-likeness (QED) is 0.804. The molecule has 0 aliphatic rings. The third-order valence-electron chi connectivity index (χ3n) is 4.02. The predicted molar refractivity (Wildman–Crippen MR) is 99.2 cm³/mol. The first-order valence-corrected chi connectivity index (χ1v) is 9.66. The standard InChI is InChI=1S/C17H17Cl2FN2O3S/c1-9-7-13(18)10(2)16(14(9)19)26(24,25)22(3)15(17(21)23)11-5-4-6-12(20)8-11/h4-8,15H,1-3H3,(H2,21,23). The Morgan fingerprint density at radius 2 is 1.85 bits per heavy atom. The van der Waals surface area contributed by atoms with Crippen LogP contribution in [0.3, 0.4) is 0 Å². The number of nitrogens with zero attached hydrogens (tertiary/aromatic N) is 1. The monoisotopic (exact) mass is 418 g/mol. The molecule has 2 aromatic rings. The molecule has 0 saturated carbocycles. The van der Waals surface area contributed by atoms with E-state index < -0.39 is 27.8 Å². The maximum absolute atomic E-state index is 13.5. The zero-order valence-corrected chi connectivity index (χ0v) is 16.6. The third kappa shape index (κ3) is 3.71. The Bertz CT molecular complexity index is 954. The van der Waals surface area contributed by atoms with E-state index in [2.05, 4.69) is 0 Å². The second-order valence-corrected chi connectivity index (χ2v) is 8.54. The molecule has 1 amide bonds. The highest BCUT2D eigenvalue weighted by Crippen LogP contribution is 2.37. The molecule has 0 aromatic heterocycles. The Morgan fingerprint density at radius 1 is 1.23 bits per heavy atom. The smallest absolute Gasteiger partial charge is 0.245 e. The van der Waals surface area contributed by atoms with Crippen molar-refractivity contribution >= 4 is 39.1 Å². The van der Waals surface area contributed by atoms with Crippen molar-refractivity contribution in [1.82, 2.24) is 4.31 Å². The fourth-order valence-electron chi connectivity index (χ4n) is 2.63. The van der Waals surface area contributed by atoms with Crippen LogP contribution in [0.2, 0.25) is 10.0 Å². The summed E-state index contributed by atoms with van der Waals surface area (Å²) < 4.78 is 40.6. The number of hydrogen-bond acceptors (Lipinski definition) is 3. The zero-order chi connectivity index (χ0) is 19.8. The van der Waals surface area contributed by atoms with E-state index in [4.69, 9.17) is 28.9 Å². The van der Waals surface area contributed by atoms with E-state index in [1.807, 2.05) is 0 Å². The molecular formula is C17H17Cl2FN2O3S. The SMILES string of the molecule is Cc1cc(Cl)c(C)c(S(=O)(=O)N(C)C(C(N)=O)c2cccc(F)c2)c1Cl. The number of amides is 1. The highest BCUT2D eigenvalue weighted by atomic mass is 35.5. The maximum atomic E-state index is 13.5. The van der Waals surface area contributed by atoms with Crippen LogP contribution in [0.4, 0.5) is 4.39 Å². The van der Waals surface area contributed by atoms with Gasteiger partial charge in [0.05, 0.1) is 5.02 Å². The van der Waals surface area contributed by atoms with E-state index in [0.29, 0.717) is 5.56 Å². The van der Waals surface area contributed by atoms with Crippen molar-refractivity contribution in [2.75, 3.05) is 7.05 Å². The van der Waals surface area contributed by atoms with Crippen LogP contribution in [-0.2, 0) is 14.8 Å². The largest absolute Gasteiger partial charge is 0.368 e. The van der Waals surface area contributed by atoms with E-state index in [9.17, 15) is 17.6 Å². The number of sulfonamides is 1. The minimum absolute atomic E-state index is 0.00112. The van der Waals surface area contributed by atoms with Gasteiger partial charge in [-0.25, -0.2) is 12.8 Å². The Labute approximate surface area is 161 Å². The molecule has 9 heteroatoms. The number of carbonyl (C=O) groups is 1. The van der Waals surface area contributed by atoms with Crippen molar-refractivity contribution in [3.8, 4) is 0 Å². The fraction of sp³-hybridized carbons (Fsp3) is 0.235. The molecule has 0 saturated heterocycles. The average molecular weight is 419 g/mol. The van der Waals surface area contributed by atoms with Crippen LogP contribution in [0.15, 0.2) is 35.2 Å². The van der Waals surface area contributed by atoms with Crippen LogP contribution < -0.4 is 5.73 Å². The summed E-state index contributed by atoms with van der Waals surface area (Å²) in [6.45, 7) is 3.13. The minimum atomic E-state index is -4.26. The van der Waals surface area contributed by atoms with Crippen LogP contribution in [0.5, 0.6) is 0 Å². The summed E-state index contributed by atoms with van der Waals surface area (Å²) in [6.07, 6.45) is 0. The first kappa shape index (κ1) is 20.6. The average Bonchev–Trinajstić information content (AvgIpc) is 2.53. The lowest BCUT2D eigenvalue weighted by atomic mass is 10.1. The molecule has 2 N–H and O–H groups in total.